The highest BCUT2D eigenvalue weighted by atomic mass is 35.5. The summed E-state index contributed by atoms with van der Waals surface area (Å²) in [7, 11) is 0. The summed E-state index contributed by atoms with van der Waals surface area (Å²) in [6, 6.07) is 8.10. The Morgan fingerprint density at radius 3 is 2.79 bits per heavy atom. The van der Waals surface area contributed by atoms with E-state index in [1.165, 1.54) is 0 Å². The fraction of sp³-hybridized carbons (Fsp3) is 0.333. The van der Waals surface area contributed by atoms with E-state index in [2.05, 4.69) is 24.1 Å². The topological polar surface area (TPSA) is 12.0 Å². The molecule has 1 aromatic carbocycles. The predicted octanol–water partition coefficient (Wildman–Crippen LogP) is 3.01. The van der Waals surface area contributed by atoms with Crippen LogP contribution in [0.5, 0.6) is 0 Å². The second-order valence-corrected chi connectivity index (χ2v) is 3.46. The molecule has 0 fully saturated rings. The van der Waals surface area contributed by atoms with Gasteiger partial charge in [-0.15, -0.1) is 5.92 Å². The molecule has 14 heavy (non-hydrogen) atoms. The number of halogens is 1. The van der Waals surface area contributed by atoms with Gasteiger partial charge >= 0.3 is 0 Å². The smallest absolute Gasteiger partial charge is 0.0581 e. The quantitative estimate of drug-likeness (QED) is 0.752. The molecule has 1 rings (SSSR count). The molecular weight excluding hydrogens is 194 g/mol. The van der Waals surface area contributed by atoms with E-state index in [1.54, 1.807) is 0 Å². The van der Waals surface area contributed by atoms with Crippen molar-refractivity contribution in [3.63, 3.8) is 0 Å². The fourth-order valence-corrected chi connectivity index (χ4v) is 1.53. The van der Waals surface area contributed by atoms with Crippen LogP contribution in [0.4, 0.5) is 0 Å². The average Bonchev–Trinajstić information content (AvgIpc) is 2.18. The van der Waals surface area contributed by atoms with Gasteiger partial charge in [0.05, 0.1) is 6.54 Å². The van der Waals surface area contributed by atoms with E-state index in [1.807, 2.05) is 31.2 Å². The summed E-state index contributed by atoms with van der Waals surface area (Å²) in [5, 5.41) is 4.09. The number of hydrogen-bond acceptors (Lipinski definition) is 1. The molecule has 1 nitrogen and oxygen atoms in total. The first-order chi connectivity index (χ1) is 6.75. The van der Waals surface area contributed by atoms with E-state index in [4.69, 9.17) is 11.6 Å². The van der Waals surface area contributed by atoms with E-state index in [0.717, 1.165) is 10.6 Å². The molecule has 0 amide bonds. The lowest BCUT2D eigenvalue weighted by molar-refractivity contribution is 0.623. The summed E-state index contributed by atoms with van der Waals surface area (Å²) >= 11 is 6.06. The van der Waals surface area contributed by atoms with Gasteiger partial charge in [0, 0.05) is 11.1 Å². The van der Waals surface area contributed by atoms with Crippen molar-refractivity contribution in [1.82, 2.24) is 5.32 Å². The van der Waals surface area contributed by atoms with Crippen molar-refractivity contribution in [2.75, 3.05) is 6.54 Å². The molecule has 0 spiro atoms. The Morgan fingerprint density at radius 1 is 1.43 bits per heavy atom. The zero-order valence-electron chi connectivity index (χ0n) is 8.47. The SMILES string of the molecule is CC#CCN[C@H](C)c1ccccc1Cl. The summed E-state index contributed by atoms with van der Waals surface area (Å²) in [6.45, 7) is 4.61. The number of nitrogens with one attached hydrogen (secondary N) is 1. The van der Waals surface area contributed by atoms with E-state index in [0.29, 0.717) is 6.54 Å². The molecule has 0 radical (unpaired) electrons. The lowest BCUT2D eigenvalue weighted by Crippen LogP contribution is -2.18. The van der Waals surface area contributed by atoms with Gasteiger partial charge in [0.15, 0.2) is 0 Å². The Kier molecular flexibility index (Phi) is 4.52. The summed E-state index contributed by atoms with van der Waals surface area (Å²) in [5.74, 6) is 5.81. The van der Waals surface area contributed by atoms with Crippen LogP contribution in [-0.2, 0) is 0 Å². The normalized spacial score (nSPS) is 11.6. The fourth-order valence-electron chi connectivity index (χ4n) is 1.23. The molecule has 0 aliphatic heterocycles. The number of benzene rings is 1. The van der Waals surface area contributed by atoms with Crippen LogP contribution in [0.1, 0.15) is 25.5 Å². The Balaban J connectivity index is 2.63. The van der Waals surface area contributed by atoms with Crippen molar-refractivity contribution < 1.29 is 0 Å². The number of hydrogen-bond donors (Lipinski definition) is 1. The molecule has 1 N–H and O–H groups in total. The average molecular weight is 208 g/mol. The highest BCUT2D eigenvalue weighted by Gasteiger charge is 2.06. The molecule has 0 bridgehead atoms. The van der Waals surface area contributed by atoms with Crippen molar-refractivity contribution in [2.45, 2.75) is 19.9 Å². The van der Waals surface area contributed by atoms with Crippen molar-refractivity contribution in [2.24, 2.45) is 0 Å². The zero-order chi connectivity index (χ0) is 10.4. The van der Waals surface area contributed by atoms with Gasteiger partial charge < -0.3 is 0 Å². The second-order valence-electron chi connectivity index (χ2n) is 3.05. The van der Waals surface area contributed by atoms with Crippen LogP contribution in [0.25, 0.3) is 0 Å². The van der Waals surface area contributed by atoms with Crippen molar-refractivity contribution >= 4 is 11.6 Å². The molecule has 1 atom stereocenters. The van der Waals surface area contributed by atoms with Crippen LogP contribution in [0.2, 0.25) is 5.02 Å². The van der Waals surface area contributed by atoms with Gasteiger partial charge in [-0.05, 0) is 25.5 Å². The van der Waals surface area contributed by atoms with Gasteiger partial charge in [-0.1, -0.05) is 35.7 Å². The third-order valence-electron chi connectivity index (χ3n) is 2.05. The predicted molar refractivity (Wildman–Crippen MR) is 61.3 cm³/mol. The lowest BCUT2D eigenvalue weighted by Gasteiger charge is -2.13. The maximum absolute atomic E-state index is 6.06. The molecule has 1 aromatic rings. The van der Waals surface area contributed by atoms with Crippen LogP contribution in [0.3, 0.4) is 0 Å². The van der Waals surface area contributed by atoms with Gasteiger partial charge in [-0.25, -0.2) is 0 Å². The molecule has 0 saturated carbocycles. The summed E-state index contributed by atoms with van der Waals surface area (Å²) in [6.07, 6.45) is 0. The van der Waals surface area contributed by atoms with Crippen LogP contribution in [0.15, 0.2) is 24.3 Å². The van der Waals surface area contributed by atoms with Crippen molar-refractivity contribution in [3.05, 3.63) is 34.9 Å². The standard InChI is InChI=1S/C12H14ClN/c1-3-4-9-14-10(2)11-7-5-6-8-12(11)13/h5-8,10,14H,9H2,1-2H3/t10-/m1/s1. The van der Waals surface area contributed by atoms with Gasteiger partial charge in [-0.3, -0.25) is 5.32 Å². The number of rotatable bonds is 3. The van der Waals surface area contributed by atoms with Crippen LogP contribution < -0.4 is 5.32 Å². The van der Waals surface area contributed by atoms with Gasteiger partial charge in [-0.2, -0.15) is 0 Å². The third-order valence-corrected chi connectivity index (χ3v) is 2.39. The molecule has 0 saturated heterocycles. The maximum atomic E-state index is 6.06. The van der Waals surface area contributed by atoms with Crippen LogP contribution in [0, 0.1) is 11.8 Å². The Labute approximate surface area is 90.5 Å². The van der Waals surface area contributed by atoms with Gasteiger partial charge in [0.2, 0.25) is 0 Å². The minimum atomic E-state index is 0.240. The van der Waals surface area contributed by atoms with E-state index in [9.17, 15) is 0 Å². The molecule has 0 heterocycles. The second kappa shape index (κ2) is 5.70. The molecule has 74 valence electrons. The van der Waals surface area contributed by atoms with E-state index in [-0.39, 0.29) is 6.04 Å². The van der Waals surface area contributed by atoms with Crippen LogP contribution in [-0.4, -0.2) is 6.54 Å². The lowest BCUT2D eigenvalue weighted by atomic mass is 10.1. The third kappa shape index (κ3) is 3.06. The molecule has 2 heteroatoms. The highest BCUT2D eigenvalue weighted by Crippen LogP contribution is 2.21. The first-order valence-corrected chi connectivity index (χ1v) is 5.01. The molecule has 0 aromatic heterocycles. The summed E-state index contributed by atoms with van der Waals surface area (Å²) in [5.41, 5.74) is 1.12. The van der Waals surface area contributed by atoms with Gasteiger partial charge in [0.1, 0.15) is 0 Å². The Morgan fingerprint density at radius 2 is 2.14 bits per heavy atom. The zero-order valence-corrected chi connectivity index (χ0v) is 9.23. The Bertz CT molecular complexity index is 349. The maximum Gasteiger partial charge on any atom is 0.0581 e. The molecule has 0 aliphatic carbocycles. The van der Waals surface area contributed by atoms with Crippen molar-refractivity contribution in [1.29, 1.82) is 0 Å². The molecule has 0 unspecified atom stereocenters. The minimum Gasteiger partial charge on any atom is -0.300 e. The highest BCUT2D eigenvalue weighted by molar-refractivity contribution is 6.31. The molecular formula is C12H14ClN. The largest absolute Gasteiger partial charge is 0.300 e. The minimum absolute atomic E-state index is 0.240. The van der Waals surface area contributed by atoms with Crippen molar-refractivity contribution in [3.8, 4) is 11.8 Å². The molecule has 0 aliphatic rings. The summed E-state index contributed by atoms with van der Waals surface area (Å²) < 4.78 is 0. The Hall–Kier alpha value is -0.970. The monoisotopic (exact) mass is 207 g/mol. The van der Waals surface area contributed by atoms with Crippen LogP contribution >= 0.6 is 11.6 Å². The van der Waals surface area contributed by atoms with E-state index < -0.39 is 0 Å². The first-order valence-electron chi connectivity index (χ1n) is 4.63. The van der Waals surface area contributed by atoms with E-state index >= 15 is 0 Å². The first kappa shape index (κ1) is 11.1. The summed E-state index contributed by atoms with van der Waals surface area (Å²) in [4.78, 5) is 0. The van der Waals surface area contributed by atoms with Gasteiger partial charge in [0.25, 0.3) is 0 Å².